The van der Waals surface area contributed by atoms with Crippen molar-refractivity contribution in [3.8, 4) is 5.75 Å². The molecule has 0 spiro atoms. The minimum Gasteiger partial charge on any atom is -0.488 e. The lowest BCUT2D eigenvalue weighted by molar-refractivity contribution is 0.0954. The second-order valence-electron chi connectivity index (χ2n) is 5.63. The fraction of sp³-hybridized carbons (Fsp3) is 0.0476. The number of hydrogen-bond donors (Lipinski definition) is 1. The molecule has 0 fully saturated rings. The van der Waals surface area contributed by atoms with E-state index < -0.39 is 11.7 Å². The van der Waals surface area contributed by atoms with Crippen LogP contribution in [0, 0.1) is 5.82 Å². The number of nitrogens with zero attached hydrogens (tertiary/aromatic N) is 1. The van der Waals surface area contributed by atoms with Crippen molar-refractivity contribution >= 4 is 23.7 Å². The Hall–Kier alpha value is -3.18. The molecule has 1 N–H and O–H groups in total. The number of carbonyl (C=O) groups excluding carboxylic acids is 1. The van der Waals surface area contributed by atoms with Crippen LogP contribution < -0.4 is 10.2 Å². The summed E-state index contributed by atoms with van der Waals surface area (Å²) in [5.74, 6) is -0.383. The zero-order valence-corrected chi connectivity index (χ0v) is 15.0. The van der Waals surface area contributed by atoms with Crippen LogP contribution in [-0.2, 0) is 6.61 Å². The van der Waals surface area contributed by atoms with E-state index in [4.69, 9.17) is 16.3 Å². The van der Waals surface area contributed by atoms with Crippen LogP contribution in [-0.4, -0.2) is 12.1 Å². The second-order valence-corrected chi connectivity index (χ2v) is 6.03. The van der Waals surface area contributed by atoms with Crippen LogP contribution in [0.15, 0.2) is 77.9 Å². The van der Waals surface area contributed by atoms with Gasteiger partial charge in [0.1, 0.15) is 18.2 Å². The molecule has 0 saturated carbocycles. The smallest absolute Gasteiger partial charge is 0.271 e. The van der Waals surface area contributed by atoms with Crippen LogP contribution in [0.3, 0.4) is 0 Å². The van der Waals surface area contributed by atoms with Crippen LogP contribution in [0.2, 0.25) is 5.02 Å². The van der Waals surface area contributed by atoms with E-state index in [0.717, 1.165) is 11.6 Å². The predicted octanol–water partition coefficient (Wildman–Crippen LogP) is 4.82. The molecule has 0 bridgehead atoms. The maximum Gasteiger partial charge on any atom is 0.271 e. The van der Waals surface area contributed by atoms with Crippen LogP contribution in [0.5, 0.6) is 5.75 Å². The van der Waals surface area contributed by atoms with Crippen molar-refractivity contribution in [2.75, 3.05) is 0 Å². The van der Waals surface area contributed by atoms with E-state index in [-0.39, 0.29) is 5.56 Å². The maximum absolute atomic E-state index is 13.2. The average Bonchev–Trinajstić information content (AvgIpc) is 2.68. The number of para-hydroxylation sites is 1. The molecular weight excluding hydrogens is 367 g/mol. The summed E-state index contributed by atoms with van der Waals surface area (Å²) < 4.78 is 19.0. The lowest BCUT2D eigenvalue weighted by Crippen LogP contribution is -2.17. The van der Waals surface area contributed by atoms with E-state index >= 15 is 0 Å². The number of halogens is 2. The Kier molecular flexibility index (Phi) is 6.18. The number of amides is 1. The van der Waals surface area contributed by atoms with Gasteiger partial charge in [-0.1, -0.05) is 48.0 Å². The van der Waals surface area contributed by atoms with Crippen molar-refractivity contribution in [2.45, 2.75) is 6.61 Å². The normalized spacial score (nSPS) is 10.7. The number of ether oxygens (including phenoxy) is 1. The zero-order valence-electron chi connectivity index (χ0n) is 14.2. The SMILES string of the molecule is O=C(N/N=C/c1ccccc1OCc1ccccc1Cl)c1cccc(F)c1. The molecule has 0 aromatic heterocycles. The number of nitrogens with one attached hydrogen (secondary N) is 1. The van der Waals surface area contributed by atoms with Crippen LogP contribution in [0.1, 0.15) is 21.5 Å². The first kappa shape index (κ1) is 18.6. The molecule has 0 radical (unpaired) electrons. The van der Waals surface area contributed by atoms with Gasteiger partial charge < -0.3 is 4.74 Å². The average molecular weight is 383 g/mol. The highest BCUT2D eigenvalue weighted by atomic mass is 35.5. The van der Waals surface area contributed by atoms with Crippen molar-refractivity contribution in [3.05, 3.63) is 100 Å². The minimum absolute atomic E-state index is 0.190. The monoisotopic (exact) mass is 382 g/mol. The van der Waals surface area contributed by atoms with E-state index in [2.05, 4.69) is 10.5 Å². The summed E-state index contributed by atoms with van der Waals surface area (Å²) in [6.07, 6.45) is 1.47. The minimum atomic E-state index is -0.500. The molecular formula is C21H16ClFN2O2. The third-order valence-corrected chi connectivity index (χ3v) is 4.09. The molecule has 0 aliphatic rings. The quantitative estimate of drug-likeness (QED) is 0.490. The van der Waals surface area contributed by atoms with Crippen LogP contribution >= 0.6 is 11.6 Å². The van der Waals surface area contributed by atoms with Gasteiger partial charge in [0.2, 0.25) is 0 Å². The molecule has 3 rings (SSSR count). The number of benzene rings is 3. The molecule has 4 nitrogen and oxygen atoms in total. The summed E-state index contributed by atoms with van der Waals surface area (Å²) in [5.41, 5.74) is 4.11. The molecule has 0 aliphatic heterocycles. The Labute approximate surface area is 161 Å². The Morgan fingerprint density at radius 3 is 2.67 bits per heavy atom. The lowest BCUT2D eigenvalue weighted by Gasteiger charge is -2.10. The van der Waals surface area contributed by atoms with Crippen molar-refractivity contribution in [2.24, 2.45) is 5.10 Å². The Morgan fingerprint density at radius 2 is 1.85 bits per heavy atom. The first-order valence-electron chi connectivity index (χ1n) is 8.17. The van der Waals surface area contributed by atoms with Gasteiger partial charge in [0, 0.05) is 21.7 Å². The van der Waals surface area contributed by atoms with Gasteiger partial charge in [0.15, 0.2) is 0 Å². The Balaban J connectivity index is 1.66. The van der Waals surface area contributed by atoms with Crippen molar-refractivity contribution in [1.82, 2.24) is 5.43 Å². The molecule has 0 atom stereocenters. The van der Waals surface area contributed by atoms with Gasteiger partial charge in [-0.25, -0.2) is 9.82 Å². The fourth-order valence-electron chi connectivity index (χ4n) is 2.34. The number of carbonyl (C=O) groups is 1. The van der Waals surface area contributed by atoms with Gasteiger partial charge in [-0.15, -0.1) is 0 Å². The first-order valence-corrected chi connectivity index (χ1v) is 8.55. The highest BCUT2D eigenvalue weighted by Gasteiger charge is 2.06. The van der Waals surface area contributed by atoms with E-state index in [1.807, 2.05) is 30.3 Å². The summed E-state index contributed by atoms with van der Waals surface area (Å²) >= 11 is 6.14. The molecule has 0 saturated heterocycles. The third kappa shape index (κ3) is 5.15. The lowest BCUT2D eigenvalue weighted by atomic mass is 10.2. The number of hydrazone groups is 1. The molecule has 27 heavy (non-hydrogen) atoms. The van der Waals surface area contributed by atoms with Crippen molar-refractivity contribution in [1.29, 1.82) is 0 Å². The van der Waals surface area contributed by atoms with Gasteiger partial charge in [0.25, 0.3) is 5.91 Å². The van der Waals surface area contributed by atoms with Crippen molar-refractivity contribution < 1.29 is 13.9 Å². The van der Waals surface area contributed by atoms with Gasteiger partial charge in [-0.2, -0.15) is 5.10 Å². The first-order chi connectivity index (χ1) is 13.1. The molecule has 0 aliphatic carbocycles. The second kappa shape index (κ2) is 8.96. The summed E-state index contributed by atoms with van der Waals surface area (Å²) in [4.78, 5) is 12.0. The zero-order chi connectivity index (χ0) is 19.1. The van der Waals surface area contributed by atoms with E-state index in [9.17, 15) is 9.18 Å². The largest absolute Gasteiger partial charge is 0.488 e. The summed E-state index contributed by atoms with van der Waals surface area (Å²) in [6, 6.07) is 20.1. The van der Waals surface area contributed by atoms with Gasteiger partial charge in [-0.3, -0.25) is 4.79 Å². The van der Waals surface area contributed by atoms with Crippen LogP contribution in [0.25, 0.3) is 0 Å². The predicted molar refractivity (Wildman–Crippen MR) is 104 cm³/mol. The molecule has 6 heteroatoms. The highest BCUT2D eigenvalue weighted by Crippen LogP contribution is 2.20. The molecule has 0 heterocycles. The van der Waals surface area contributed by atoms with Crippen LogP contribution in [0.4, 0.5) is 4.39 Å². The maximum atomic E-state index is 13.2. The molecule has 1 amide bonds. The molecule has 0 unspecified atom stereocenters. The summed E-state index contributed by atoms with van der Waals surface area (Å²) in [5, 5.41) is 4.56. The Morgan fingerprint density at radius 1 is 1.07 bits per heavy atom. The standard InChI is InChI=1S/C21H16ClFN2O2/c22-19-10-3-1-7-17(19)14-27-20-11-4-2-6-16(20)13-24-25-21(26)15-8-5-9-18(23)12-15/h1-13H,14H2,(H,25,26)/b24-13+. The van der Waals surface area contributed by atoms with E-state index in [0.29, 0.717) is 22.9 Å². The van der Waals surface area contributed by atoms with Gasteiger partial charge in [0.05, 0.1) is 6.21 Å². The number of rotatable bonds is 6. The highest BCUT2D eigenvalue weighted by molar-refractivity contribution is 6.31. The summed E-state index contributed by atoms with van der Waals surface area (Å²) in [6.45, 7) is 0.306. The molecule has 3 aromatic rings. The van der Waals surface area contributed by atoms with Crippen molar-refractivity contribution in [3.63, 3.8) is 0 Å². The molecule has 3 aromatic carbocycles. The summed E-state index contributed by atoms with van der Waals surface area (Å²) in [7, 11) is 0. The van der Waals surface area contributed by atoms with E-state index in [1.165, 1.54) is 24.4 Å². The van der Waals surface area contributed by atoms with E-state index in [1.54, 1.807) is 18.2 Å². The Bertz CT molecular complexity index is 976. The van der Waals surface area contributed by atoms with Gasteiger partial charge >= 0.3 is 0 Å². The number of hydrogen-bond acceptors (Lipinski definition) is 3. The fourth-order valence-corrected chi connectivity index (χ4v) is 2.53. The molecule has 136 valence electrons. The topological polar surface area (TPSA) is 50.7 Å². The third-order valence-electron chi connectivity index (χ3n) is 3.72. The van der Waals surface area contributed by atoms with Gasteiger partial charge in [-0.05, 0) is 36.4 Å².